The molecule has 54 heavy (non-hydrogen) atoms. The van der Waals surface area contributed by atoms with Crippen LogP contribution in [-0.2, 0) is 18.4 Å². The molecule has 1 amide bonds. The van der Waals surface area contributed by atoms with Gasteiger partial charge in [-0.15, -0.1) is 0 Å². The van der Waals surface area contributed by atoms with Crippen molar-refractivity contribution < 1.29 is 32.9 Å². The molecule has 0 saturated carbocycles. The van der Waals surface area contributed by atoms with Gasteiger partial charge in [-0.2, -0.15) is 0 Å². The predicted octanol–water partition coefficient (Wildman–Crippen LogP) is 11.9. The second-order valence-corrected chi connectivity index (χ2v) is 18.2. The number of phosphoric acid groups is 1. The molecular formula is C45H89N2O6P. The fourth-order valence-corrected chi connectivity index (χ4v) is 7.22. The van der Waals surface area contributed by atoms with Gasteiger partial charge in [0.2, 0.25) is 5.91 Å². The number of allylic oxidation sites excluding steroid dienone is 3. The topological polar surface area (TPSA) is 108 Å². The molecular weight excluding hydrogens is 695 g/mol. The predicted molar refractivity (Wildman–Crippen MR) is 228 cm³/mol. The summed E-state index contributed by atoms with van der Waals surface area (Å²) in [4.78, 5) is 25.3. The summed E-state index contributed by atoms with van der Waals surface area (Å²) in [5.41, 5.74) is 0. The number of phosphoric ester groups is 1. The third kappa shape index (κ3) is 39.2. The van der Waals surface area contributed by atoms with Crippen molar-refractivity contribution in [3.05, 3.63) is 24.3 Å². The molecule has 0 heterocycles. The van der Waals surface area contributed by atoms with Crippen molar-refractivity contribution >= 4 is 13.7 Å². The van der Waals surface area contributed by atoms with Gasteiger partial charge in [0, 0.05) is 6.42 Å². The number of hydrogen-bond donors (Lipinski definition) is 2. The molecule has 9 heteroatoms. The van der Waals surface area contributed by atoms with Crippen LogP contribution in [0.25, 0.3) is 0 Å². The van der Waals surface area contributed by atoms with Gasteiger partial charge in [0.1, 0.15) is 13.2 Å². The van der Waals surface area contributed by atoms with Crippen LogP contribution in [0.4, 0.5) is 0 Å². The van der Waals surface area contributed by atoms with Crippen molar-refractivity contribution in [2.75, 3.05) is 40.9 Å². The molecule has 0 rings (SSSR count). The van der Waals surface area contributed by atoms with Crippen LogP contribution in [0.3, 0.4) is 0 Å². The Morgan fingerprint density at radius 2 is 1.02 bits per heavy atom. The third-order valence-corrected chi connectivity index (χ3v) is 11.1. The second kappa shape index (κ2) is 37.6. The zero-order chi connectivity index (χ0) is 40.0. The summed E-state index contributed by atoms with van der Waals surface area (Å²) in [5.74, 6) is -0.200. The summed E-state index contributed by atoms with van der Waals surface area (Å²) in [6, 6.07) is -0.883. The molecule has 0 aliphatic carbocycles. The molecule has 0 aliphatic rings. The third-order valence-electron chi connectivity index (χ3n) is 10.2. The van der Waals surface area contributed by atoms with E-state index in [0.717, 1.165) is 38.5 Å². The van der Waals surface area contributed by atoms with Gasteiger partial charge in [-0.1, -0.05) is 179 Å². The Labute approximate surface area is 334 Å². The quantitative estimate of drug-likeness (QED) is 0.0277. The van der Waals surface area contributed by atoms with Crippen molar-refractivity contribution in [2.45, 2.75) is 219 Å². The number of rotatable bonds is 41. The van der Waals surface area contributed by atoms with Crippen molar-refractivity contribution in [1.82, 2.24) is 5.32 Å². The summed E-state index contributed by atoms with van der Waals surface area (Å²) in [5, 5.41) is 13.8. The normalized spacial score (nSPS) is 14.6. The summed E-state index contributed by atoms with van der Waals surface area (Å²) in [6.07, 6.45) is 43.6. The zero-order valence-corrected chi connectivity index (χ0v) is 37.1. The van der Waals surface area contributed by atoms with Crippen LogP contribution in [-0.4, -0.2) is 68.5 Å². The largest absolute Gasteiger partial charge is 0.756 e. The molecule has 1 unspecified atom stereocenters. The Balaban J connectivity index is 4.36. The molecule has 0 aromatic rings. The van der Waals surface area contributed by atoms with E-state index in [1.807, 2.05) is 27.2 Å². The second-order valence-electron chi connectivity index (χ2n) is 16.8. The molecule has 0 bridgehead atoms. The molecule has 3 atom stereocenters. The van der Waals surface area contributed by atoms with Gasteiger partial charge in [0.05, 0.1) is 39.9 Å². The Hall–Kier alpha value is -1.02. The summed E-state index contributed by atoms with van der Waals surface area (Å²) in [7, 11) is 1.26. The van der Waals surface area contributed by atoms with Crippen LogP contribution < -0.4 is 10.2 Å². The van der Waals surface area contributed by atoms with Crippen molar-refractivity contribution in [3.8, 4) is 0 Å². The number of aliphatic hydroxyl groups is 1. The highest BCUT2D eigenvalue weighted by Crippen LogP contribution is 2.38. The van der Waals surface area contributed by atoms with Gasteiger partial charge in [0.25, 0.3) is 7.82 Å². The van der Waals surface area contributed by atoms with Crippen LogP contribution in [0, 0.1) is 0 Å². The molecule has 8 nitrogen and oxygen atoms in total. The summed E-state index contributed by atoms with van der Waals surface area (Å²) >= 11 is 0. The number of nitrogens with one attached hydrogen (secondary N) is 1. The Morgan fingerprint density at radius 1 is 0.630 bits per heavy atom. The first kappa shape index (κ1) is 53.0. The molecule has 0 aromatic carbocycles. The molecule has 0 aromatic heterocycles. The maximum Gasteiger partial charge on any atom is 0.268 e. The van der Waals surface area contributed by atoms with Gasteiger partial charge >= 0.3 is 0 Å². The van der Waals surface area contributed by atoms with Crippen LogP contribution in [0.5, 0.6) is 0 Å². The molecule has 0 fully saturated rings. The molecule has 0 aliphatic heterocycles. The highest BCUT2D eigenvalue weighted by atomic mass is 31.2. The van der Waals surface area contributed by atoms with Gasteiger partial charge in [-0.05, 0) is 44.9 Å². The lowest BCUT2D eigenvalue weighted by atomic mass is 10.0. The number of likely N-dealkylation sites (N-methyl/N-ethyl adjacent to an activating group) is 1. The fraction of sp³-hybridized carbons (Fsp3) is 0.889. The van der Waals surface area contributed by atoms with Crippen LogP contribution in [0.15, 0.2) is 24.3 Å². The van der Waals surface area contributed by atoms with Gasteiger partial charge < -0.3 is 28.8 Å². The average Bonchev–Trinajstić information content (AvgIpc) is 3.12. The van der Waals surface area contributed by atoms with E-state index >= 15 is 0 Å². The number of amides is 1. The lowest BCUT2D eigenvalue weighted by Crippen LogP contribution is -2.45. The van der Waals surface area contributed by atoms with Crippen molar-refractivity contribution in [3.63, 3.8) is 0 Å². The van der Waals surface area contributed by atoms with E-state index in [-0.39, 0.29) is 19.1 Å². The zero-order valence-electron chi connectivity index (χ0n) is 36.2. The maximum absolute atomic E-state index is 12.8. The number of quaternary nitrogens is 1. The van der Waals surface area contributed by atoms with Gasteiger partial charge in [-0.25, -0.2) is 0 Å². The average molecular weight is 785 g/mol. The molecule has 0 radical (unpaired) electrons. The Kier molecular flexibility index (Phi) is 36.8. The number of hydrogen-bond acceptors (Lipinski definition) is 6. The Morgan fingerprint density at radius 3 is 1.44 bits per heavy atom. The van der Waals surface area contributed by atoms with Crippen LogP contribution in [0.2, 0.25) is 0 Å². The minimum Gasteiger partial charge on any atom is -0.756 e. The van der Waals surface area contributed by atoms with Crippen LogP contribution >= 0.6 is 7.82 Å². The molecule has 2 N–H and O–H groups in total. The van der Waals surface area contributed by atoms with Crippen molar-refractivity contribution in [2.24, 2.45) is 0 Å². The maximum atomic E-state index is 12.8. The number of carbonyl (C=O) groups is 1. The van der Waals surface area contributed by atoms with E-state index in [9.17, 15) is 19.4 Å². The number of nitrogens with zero attached hydrogens (tertiary/aromatic N) is 1. The first-order valence-corrected chi connectivity index (χ1v) is 24.2. The van der Waals surface area contributed by atoms with Gasteiger partial charge in [0.15, 0.2) is 0 Å². The smallest absolute Gasteiger partial charge is 0.268 e. The highest BCUT2D eigenvalue weighted by molar-refractivity contribution is 7.45. The Bertz CT molecular complexity index is 938. The lowest BCUT2D eigenvalue weighted by Gasteiger charge is -2.29. The number of unbranched alkanes of at least 4 members (excludes halogenated alkanes) is 26. The minimum atomic E-state index is -4.58. The first-order valence-electron chi connectivity index (χ1n) is 22.7. The number of aliphatic hydroxyl groups excluding tert-OH is 1. The highest BCUT2D eigenvalue weighted by Gasteiger charge is 2.23. The summed E-state index contributed by atoms with van der Waals surface area (Å²) in [6.45, 7) is 4.64. The van der Waals surface area contributed by atoms with E-state index in [2.05, 4.69) is 31.3 Å². The lowest BCUT2D eigenvalue weighted by molar-refractivity contribution is -0.870. The van der Waals surface area contributed by atoms with Crippen molar-refractivity contribution in [1.29, 1.82) is 0 Å². The van der Waals surface area contributed by atoms with Crippen LogP contribution in [0.1, 0.15) is 206 Å². The SMILES string of the molecule is CCCCCCCC/C=C\CCCCCCCCCCCC(=O)N[C@@H](COP(=O)([O-])OCC[N+](C)(C)C)[C@H](O)/C=C/CCCCCCCCCCCCC. The molecule has 0 saturated heterocycles. The minimum absolute atomic E-state index is 0.000281. The van der Waals surface area contributed by atoms with E-state index in [4.69, 9.17) is 9.05 Å². The van der Waals surface area contributed by atoms with E-state index in [1.165, 1.54) is 148 Å². The van der Waals surface area contributed by atoms with E-state index in [1.54, 1.807) is 6.08 Å². The molecule has 0 spiro atoms. The van der Waals surface area contributed by atoms with Gasteiger partial charge in [-0.3, -0.25) is 9.36 Å². The van der Waals surface area contributed by atoms with E-state index < -0.39 is 20.0 Å². The standard InChI is InChI=1S/C45H89N2O6P/c1-6-8-10-12-14-16-18-20-21-22-23-24-25-27-29-31-33-35-37-39-45(49)46-43(42-53-54(50,51)52-41-40-47(3,4)5)44(48)38-36-34-32-30-28-26-19-17-15-13-11-9-7-2/h20-21,36,38,43-44,48H,6-19,22-35,37,39-42H2,1-5H3,(H-,46,49,50,51)/b21-20-,38-36+/t43-,44+/m0/s1. The molecule has 320 valence electrons. The summed E-state index contributed by atoms with van der Waals surface area (Å²) < 4.78 is 23.2. The first-order chi connectivity index (χ1) is 26.0. The monoisotopic (exact) mass is 785 g/mol. The van der Waals surface area contributed by atoms with E-state index in [0.29, 0.717) is 17.4 Å². The number of carbonyl (C=O) groups excluding carboxylic acids is 1. The fourth-order valence-electron chi connectivity index (χ4n) is 6.50.